The molecule has 186 valence electrons. The minimum Gasteiger partial charge on any atom is -0.375 e. The van der Waals surface area contributed by atoms with Crippen molar-refractivity contribution in [1.82, 2.24) is 5.32 Å². The topological polar surface area (TPSA) is 21.3 Å². The Kier molecular flexibility index (Phi) is 21.2. The highest BCUT2D eigenvalue weighted by atomic mass is 16.5. The van der Waals surface area contributed by atoms with Gasteiger partial charge in [-0.1, -0.05) is 147 Å². The van der Waals surface area contributed by atoms with Crippen LogP contribution < -0.4 is 5.32 Å². The van der Waals surface area contributed by atoms with Gasteiger partial charge < -0.3 is 10.1 Å². The van der Waals surface area contributed by atoms with Crippen LogP contribution >= 0.6 is 0 Å². The van der Waals surface area contributed by atoms with Crippen LogP contribution in [0.2, 0.25) is 0 Å². The summed E-state index contributed by atoms with van der Waals surface area (Å²) in [6.07, 6.45) is 25.0. The fraction of sp³-hybridized carbons (Fsp3) is 0.800. The summed E-state index contributed by atoms with van der Waals surface area (Å²) in [7, 11) is 0. The molecule has 1 atom stereocenters. The summed E-state index contributed by atoms with van der Waals surface area (Å²) in [5, 5.41) is 3.78. The van der Waals surface area contributed by atoms with Crippen molar-refractivity contribution in [3.05, 3.63) is 35.9 Å². The Morgan fingerprint density at radius 2 is 1.12 bits per heavy atom. The van der Waals surface area contributed by atoms with Gasteiger partial charge >= 0.3 is 0 Å². The van der Waals surface area contributed by atoms with E-state index in [0.29, 0.717) is 6.04 Å². The van der Waals surface area contributed by atoms with E-state index >= 15 is 0 Å². The van der Waals surface area contributed by atoms with Crippen LogP contribution in [0.25, 0.3) is 0 Å². The molecule has 0 aliphatic carbocycles. The molecule has 0 spiro atoms. The van der Waals surface area contributed by atoms with Gasteiger partial charge in [0.05, 0.1) is 13.2 Å². The van der Waals surface area contributed by atoms with Crippen molar-refractivity contribution in [3.63, 3.8) is 0 Å². The number of nitrogens with one attached hydrogen (secondary N) is 1. The second-order valence-corrected chi connectivity index (χ2v) is 9.74. The molecule has 2 nitrogen and oxygen atoms in total. The van der Waals surface area contributed by atoms with Crippen LogP contribution in [-0.4, -0.2) is 19.2 Å². The van der Waals surface area contributed by atoms with Crippen LogP contribution in [0.4, 0.5) is 0 Å². The summed E-state index contributed by atoms with van der Waals surface area (Å²) in [5.74, 6) is 0. The van der Waals surface area contributed by atoms with E-state index in [0.717, 1.165) is 19.8 Å². The van der Waals surface area contributed by atoms with Gasteiger partial charge in [0, 0.05) is 6.04 Å². The second-order valence-electron chi connectivity index (χ2n) is 9.74. The molecule has 0 heterocycles. The van der Waals surface area contributed by atoms with Gasteiger partial charge in [0.2, 0.25) is 0 Å². The average molecular weight is 446 g/mol. The Hall–Kier alpha value is -0.860. The summed E-state index contributed by atoms with van der Waals surface area (Å²) >= 11 is 0. The zero-order valence-electron chi connectivity index (χ0n) is 21.7. The molecule has 0 aliphatic heterocycles. The summed E-state index contributed by atoms with van der Waals surface area (Å²) < 4.78 is 6.06. The molecule has 0 amide bonds. The molecule has 32 heavy (non-hydrogen) atoms. The van der Waals surface area contributed by atoms with Gasteiger partial charge in [0.15, 0.2) is 0 Å². The number of ether oxygens (including phenoxy) is 1. The first-order valence-corrected chi connectivity index (χ1v) is 14.2. The van der Waals surface area contributed by atoms with Gasteiger partial charge in [0.1, 0.15) is 0 Å². The Balaban J connectivity index is 2.05. The molecule has 1 unspecified atom stereocenters. The highest BCUT2D eigenvalue weighted by molar-refractivity contribution is 5.13. The molecular weight excluding hydrogens is 390 g/mol. The lowest BCUT2D eigenvalue weighted by molar-refractivity contribution is 0.0953. The van der Waals surface area contributed by atoms with Gasteiger partial charge in [-0.2, -0.15) is 0 Å². The molecule has 0 aliphatic rings. The molecule has 0 bridgehead atoms. The lowest BCUT2D eigenvalue weighted by atomic mass is 10.0. The normalized spacial score (nSPS) is 12.3. The van der Waals surface area contributed by atoms with E-state index in [2.05, 4.69) is 49.5 Å². The maximum Gasteiger partial charge on any atom is 0.0717 e. The monoisotopic (exact) mass is 445 g/mol. The van der Waals surface area contributed by atoms with Gasteiger partial charge in [-0.25, -0.2) is 0 Å². The number of unbranched alkanes of at least 4 members (excludes halogenated alkanes) is 15. The quantitative estimate of drug-likeness (QED) is 0.160. The molecule has 0 fully saturated rings. The van der Waals surface area contributed by atoms with E-state index in [-0.39, 0.29) is 0 Å². The number of benzene rings is 1. The van der Waals surface area contributed by atoms with E-state index in [1.165, 1.54) is 121 Å². The maximum atomic E-state index is 6.06. The molecule has 0 radical (unpaired) electrons. The molecule has 2 heteroatoms. The summed E-state index contributed by atoms with van der Waals surface area (Å²) in [5.41, 5.74) is 1.27. The summed E-state index contributed by atoms with van der Waals surface area (Å²) in [6.45, 7) is 7.28. The first kappa shape index (κ1) is 29.2. The predicted octanol–water partition coefficient (Wildman–Crippen LogP) is 9.22. The van der Waals surface area contributed by atoms with Gasteiger partial charge in [-0.3, -0.25) is 0 Å². The van der Waals surface area contributed by atoms with Crippen LogP contribution in [0.15, 0.2) is 30.3 Å². The van der Waals surface area contributed by atoms with Crippen molar-refractivity contribution in [2.45, 2.75) is 142 Å². The minimum atomic E-state index is 0.507. The fourth-order valence-corrected chi connectivity index (χ4v) is 4.40. The van der Waals surface area contributed by atoms with Gasteiger partial charge in [-0.05, 0) is 24.9 Å². The van der Waals surface area contributed by atoms with Crippen LogP contribution in [-0.2, 0) is 11.3 Å². The van der Waals surface area contributed by atoms with Crippen molar-refractivity contribution in [3.8, 4) is 0 Å². The Labute approximate surface area is 201 Å². The van der Waals surface area contributed by atoms with Gasteiger partial charge in [0.25, 0.3) is 0 Å². The molecule has 1 rings (SSSR count). The predicted molar refractivity (Wildman–Crippen MR) is 142 cm³/mol. The molecule has 1 aromatic rings. The van der Waals surface area contributed by atoms with Crippen molar-refractivity contribution < 1.29 is 4.74 Å². The van der Waals surface area contributed by atoms with E-state index in [1.807, 2.05) is 0 Å². The first-order chi connectivity index (χ1) is 15.9. The fourth-order valence-electron chi connectivity index (χ4n) is 4.40. The third kappa shape index (κ3) is 18.7. The molecule has 0 saturated carbocycles. The number of hydrogen-bond acceptors (Lipinski definition) is 2. The lowest BCUT2D eigenvalue weighted by Crippen LogP contribution is -2.34. The highest BCUT2D eigenvalue weighted by Gasteiger charge is 2.08. The molecule has 1 aromatic carbocycles. The lowest BCUT2D eigenvalue weighted by Gasteiger charge is -2.19. The van der Waals surface area contributed by atoms with Crippen LogP contribution in [0.5, 0.6) is 0 Å². The zero-order chi connectivity index (χ0) is 23.0. The minimum absolute atomic E-state index is 0.507. The highest BCUT2D eigenvalue weighted by Crippen LogP contribution is 2.14. The molecule has 1 N–H and O–H groups in total. The zero-order valence-corrected chi connectivity index (χ0v) is 21.7. The Morgan fingerprint density at radius 1 is 0.625 bits per heavy atom. The van der Waals surface area contributed by atoms with Crippen LogP contribution in [0, 0.1) is 0 Å². The summed E-state index contributed by atoms with van der Waals surface area (Å²) in [4.78, 5) is 0. The van der Waals surface area contributed by atoms with E-state index in [9.17, 15) is 0 Å². The number of hydrogen-bond donors (Lipinski definition) is 1. The Bertz CT molecular complexity index is 475. The SMILES string of the molecule is CCCCCCCCCCCCCCCC(COCc1ccccc1)NCCCCCC. The van der Waals surface area contributed by atoms with Crippen molar-refractivity contribution in [2.75, 3.05) is 13.2 Å². The van der Waals surface area contributed by atoms with E-state index in [4.69, 9.17) is 4.74 Å². The van der Waals surface area contributed by atoms with E-state index in [1.54, 1.807) is 0 Å². The molecular formula is C30H55NO. The standard InChI is InChI=1S/C30H55NO/c1-3-5-7-9-10-11-12-13-14-15-16-17-21-25-30(31-26-22-8-6-4-2)28-32-27-29-23-19-18-20-24-29/h18-20,23-24,30-31H,3-17,21-22,25-28H2,1-2H3. The van der Waals surface area contributed by atoms with Crippen LogP contribution in [0.1, 0.15) is 135 Å². The third-order valence-corrected chi connectivity index (χ3v) is 6.55. The largest absolute Gasteiger partial charge is 0.375 e. The van der Waals surface area contributed by atoms with Crippen molar-refractivity contribution in [2.24, 2.45) is 0 Å². The number of rotatable bonds is 24. The van der Waals surface area contributed by atoms with Gasteiger partial charge in [-0.15, -0.1) is 0 Å². The summed E-state index contributed by atoms with van der Waals surface area (Å²) in [6, 6.07) is 11.1. The van der Waals surface area contributed by atoms with Crippen LogP contribution in [0.3, 0.4) is 0 Å². The van der Waals surface area contributed by atoms with Crippen molar-refractivity contribution in [1.29, 1.82) is 0 Å². The molecule has 0 aromatic heterocycles. The van der Waals surface area contributed by atoms with E-state index < -0.39 is 0 Å². The Morgan fingerprint density at radius 3 is 1.69 bits per heavy atom. The average Bonchev–Trinajstić information content (AvgIpc) is 2.82. The third-order valence-electron chi connectivity index (χ3n) is 6.55. The maximum absolute atomic E-state index is 6.06. The van der Waals surface area contributed by atoms with Crippen molar-refractivity contribution >= 4 is 0 Å². The first-order valence-electron chi connectivity index (χ1n) is 14.2. The second kappa shape index (κ2) is 23.3. The smallest absolute Gasteiger partial charge is 0.0717 e. The molecule has 0 saturated heterocycles.